The van der Waals surface area contributed by atoms with Crippen molar-refractivity contribution in [1.82, 2.24) is 0 Å². The van der Waals surface area contributed by atoms with Gasteiger partial charge in [-0.05, 0) is 47.5 Å². The van der Waals surface area contributed by atoms with Gasteiger partial charge in [0, 0.05) is 11.5 Å². The van der Waals surface area contributed by atoms with Gasteiger partial charge < -0.3 is 14.6 Å². The zero-order chi connectivity index (χ0) is 18.2. The van der Waals surface area contributed by atoms with Crippen LogP contribution in [0.3, 0.4) is 0 Å². The molecule has 23 heavy (non-hydrogen) atoms. The number of hydrogen-bond donors (Lipinski definition) is 1. The van der Waals surface area contributed by atoms with Crippen molar-refractivity contribution < 1.29 is 32.5 Å². The molecule has 1 aliphatic carbocycles. The molecule has 1 N–H and O–H groups in total. The summed E-state index contributed by atoms with van der Waals surface area (Å²) in [6.45, 7) is 10.2. The Morgan fingerprint density at radius 1 is 1.26 bits per heavy atom. The maximum atomic E-state index is 12.9. The van der Waals surface area contributed by atoms with Gasteiger partial charge in [-0.2, -0.15) is 13.2 Å². The molecule has 0 aliphatic heterocycles. The zero-order valence-corrected chi connectivity index (χ0v) is 14.2. The number of aliphatic hydroxyl groups is 1. The minimum atomic E-state index is -4.80. The first kappa shape index (κ1) is 20.0. The minimum absolute atomic E-state index is 0.239. The van der Waals surface area contributed by atoms with Gasteiger partial charge in [0.2, 0.25) is 0 Å². The van der Waals surface area contributed by atoms with Gasteiger partial charge in [0.15, 0.2) is 5.60 Å². The van der Waals surface area contributed by atoms with Gasteiger partial charge in [-0.15, -0.1) is 0 Å². The molecule has 1 rings (SSSR count). The molecule has 0 aromatic rings. The van der Waals surface area contributed by atoms with Crippen molar-refractivity contribution in [3.8, 4) is 0 Å². The Bertz CT molecular complexity index is 468. The highest BCUT2D eigenvalue weighted by atomic mass is 19.4. The molecule has 1 aliphatic rings. The van der Waals surface area contributed by atoms with E-state index in [2.05, 4.69) is 6.58 Å². The van der Waals surface area contributed by atoms with E-state index < -0.39 is 35.6 Å². The predicted octanol–water partition coefficient (Wildman–Crippen LogP) is 3.38. The second kappa shape index (κ2) is 6.43. The molecule has 4 atom stereocenters. The fourth-order valence-electron chi connectivity index (χ4n) is 2.53. The Morgan fingerprint density at radius 2 is 1.78 bits per heavy atom. The Labute approximate surface area is 134 Å². The van der Waals surface area contributed by atoms with Gasteiger partial charge in [-0.1, -0.05) is 6.58 Å². The first-order valence-corrected chi connectivity index (χ1v) is 7.53. The lowest BCUT2D eigenvalue weighted by atomic mass is 9.71. The molecule has 134 valence electrons. The minimum Gasteiger partial charge on any atom is -0.459 e. The Morgan fingerprint density at radius 3 is 2.13 bits per heavy atom. The van der Waals surface area contributed by atoms with Crippen molar-refractivity contribution >= 4 is 5.97 Å². The standard InChI is InChI=1S/C16H25F3O4/c1-9(2)13(20)22-12-8-7-11(12)14(4,5)23-10(3)15(6,21)16(17,18)19/h10-12,21H,1,7-8H2,2-6H3. The van der Waals surface area contributed by atoms with Crippen LogP contribution < -0.4 is 0 Å². The van der Waals surface area contributed by atoms with Crippen LogP contribution in [0.4, 0.5) is 13.2 Å². The van der Waals surface area contributed by atoms with Crippen LogP contribution in [0.25, 0.3) is 0 Å². The van der Waals surface area contributed by atoms with Crippen LogP contribution in [0.5, 0.6) is 0 Å². The van der Waals surface area contributed by atoms with Gasteiger partial charge in [0.05, 0.1) is 11.7 Å². The average molecular weight is 338 g/mol. The van der Waals surface area contributed by atoms with Gasteiger partial charge in [0.25, 0.3) is 0 Å². The fraction of sp³-hybridized carbons (Fsp3) is 0.812. The summed E-state index contributed by atoms with van der Waals surface area (Å²) < 4.78 is 49.5. The van der Waals surface area contributed by atoms with Gasteiger partial charge >= 0.3 is 12.1 Å². The van der Waals surface area contributed by atoms with Gasteiger partial charge in [0.1, 0.15) is 6.10 Å². The van der Waals surface area contributed by atoms with Crippen LogP contribution in [-0.2, 0) is 14.3 Å². The number of esters is 1. The van der Waals surface area contributed by atoms with Crippen LogP contribution in [-0.4, -0.2) is 40.7 Å². The maximum Gasteiger partial charge on any atom is 0.419 e. The molecule has 0 bridgehead atoms. The normalized spacial score (nSPS) is 26.0. The second-order valence-electron chi connectivity index (χ2n) is 6.92. The summed E-state index contributed by atoms with van der Waals surface area (Å²) in [7, 11) is 0. The third-order valence-corrected chi connectivity index (χ3v) is 4.56. The van der Waals surface area contributed by atoms with E-state index in [4.69, 9.17) is 9.47 Å². The summed E-state index contributed by atoms with van der Waals surface area (Å²) in [5.41, 5.74) is -3.67. The zero-order valence-electron chi connectivity index (χ0n) is 14.2. The van der Waals surface area contributed by atoms with Crippen LogP contribution in [0, 0.1) is 5.92 Å². The topological polar surface area (TPSA) is 55.8 Å². The number of alkyl halides is 3. The van der Waals surface area contributed by atoms with Crippen LogP contribution >= 0.6 is 0 Å². The molecule has 0 saturated heterocycles. The SMILES string of the molecule is C=C(C)C(=O)OC1CCC1C(C)(C)OC(C)C(C)(O)C(F)(F)F. The first-order chi connectivity index (χ1) is 10.2. The van der Waals surface area contributed by atoms with E-state index in [0.717, 1.165) is 0 Å². The van der Waals surface area contributed by atoms with Gasteiger partial charge in [-0.3, -0.25) is 0 Å². The Kier molecular flexibility index (Phi) is 5.58. The summed E-state index contributed by atoms with van der Waals surface area (Å²) in [4.78, 5) is 11.6. The molecule has 0 radical (unpaired) electrons. The summed E-state index contributed by atoms with van der Waals surface area (Å²) in [5, 5.41) is 9.69. The fourth-order valence-corrected chi connectivity index (χ4v) is 2.53. The lowest BCUT2D eigenvalue weighted by Crippen LogP contribution is -2.57. The molecule has 0 heterocycles. The van der Waals surface area contributed by atoms with Crippen molar-refractivity contribution in [2.45, 2.75) is 77.0 Å². The highest BCUT2D eigenvalue weighted by Gasteiger charge is 2.56. The number of hydrogen-bond acceptors (Lipinski definition) is 4. The molecule has 1 fully saturated rings. The molecule has 7 heteroatoms. The molecular formula is C16H25F3O4. The van der Waals surface area contributed by atoms with Crippen LogP contribution in [0.2, 0.25) is 0 Å². The van der Waals surface area contributed by atoms with Crippen molar-refractivity contribution in [1.29, 1.82) is 0 Å². The highest BCUT2D eigenvalue weighted by molar-refractivity contribution is 5.87. The molecular weight excluding hydrogens is 313 g/mol. The molecule has 4 nitrogen and oxygen atoms in total. The maximum absolute atomic E-state index is 12.9. The lowest BCUT2D eigenvalue weighted by molar-refractivity contribution is -0.304. The van der Waals surface area contributed by atoms with Crippen LogP contribution in [0.15, 0.2) is 12.2 Å². The van der Waals surface area contributed by atoms with Crippen molar-refractivity contribution in [2.24, 2.45) is 5.92 Å². The van der Waals surface area contributed by atoms with E-state index in [9.17, 15) is 23.1 Å². The summed E-state index contributed by atoms with van der Waals surface area (Å²) >= 11 is 0. The predicted molar refractivity (Wildman–Crippen MR) is 78.7 cm³/mol. The molecule has 1 saturated carbocycles. The first-order valence-electron chi connectivity index (χ1n) is 7.53. The molecule has 0 spiro atoms. The van der Waals surface area contributed by atoms with E-state index in [1.165, 1.54) is 13.8 Å². The second-order valence-corrected chi connectivity index (χ2v) is 6.92. The summed E-state index contributed by atoms with van der Waals surface area (Å²) in [6.07, 6.45) is -5.39. The number of ether oxygens (including phenoxy) is 2. The van der Waals surface area contributed by atoms with E-state index >= 15 is 0 Å². The monoisotopic (exact) mass is 338 g/mol. The van der Waals surface area contributed by atoms with E-state index in [1.54, 1.807) is 13.8 Å². The van der Waals surface area contributed by atoms with Gasteiger partial charge in [-0.25, -0.2) is 4.79 Å². The third-order valence-electron chi connectivity index (χ3n) is 4.56. The molecule has 0 amide bonds. The van der Waals surface area contributed by atoms with E-state index in [1.807, 2.05) is 0 Å². The van der Waals surface area contributed by atoms with E-state index in [-0.39, 0.29) is 11.5 Å². The number of halogens is 3. The molecule has 0 aromatic heterocycles. The third kappa shape index (κ3) is 4.26. The molecule has 4 unspecified atom stereocenters. The lowest BCUT2D eigenvalue weighted by Gasteiger charge is -2.48. The average Bonchev–Trinajstić information content (AvgIpc) is 2.31. The molecule has 0 aromatic carbocycles. The quantitative estimate of drug-likeness (QED) is 0.596. The van der Waals surface area contributed by atoms with Crippen molar-refractivity contribution in [3.05, 3.63) is 12.2 Å². The largest absolute Gasteiger partial charge is 0.459 e. The van der Waals surface area contributed by atoms with E-state index in [0.29, 0.717) is 19.8 Å². The smallest absolute Gasteiger partial charge is 0.419 e. The van der Waals surface area contributed by atoms with Crippen LogP contribution in [0.1, 0.15) is 47.5 Å². The number of carbonyl (C=O) groups excluding carboxylic acids is 1. The Balaban J connectivity index is 2.76. The highest BCUT2D eigenvalue weighted by Crippen LogP contribution is 2.43. The van der Waals surface area contributed by atoms with Crippen molar-refractivity contribution in [2.75, 3.05) is 0 Å². The summed E-state index contributed by atoms with van der Waals surface area (Å²) in [6, 6.07) is 0. The number of carbonyl (C=O) groups is 1. The Hall–Kier alpha value is -1.08. The van der Waals surface area contributed by atoms with Crippen molar-refractivity contribution in [3.63, 3.8) is 0 Å². The summed E-state index contributed by atoms with van der Waals surface area (Å²) in [5.74, 6) is -0.761. The number of rotatable bonds is 6.